The van der Waals surface area contributed by atoms with Gasteiger partial charge in [-0.3, -0.25) is 4.79 Å². The first-order valence-electron chi connectivity index (χ1n) is 9.43. The maximum Gasteiger partial charge on any atom is 0.261 e. The van der Waals surface area contributed by atoms with E-state index < -0.39 is 0 Å². The van der Waals surface area contributed by atoms with Crippen LogP contribution in [0, 0.1) is 6.92 Å². The van der Waals surface area contributed by atoms with E-state index in [1.165, 1.54) is 0 Å². The molecule has 0 saturated carbocycles. The zero-order valence-corrected chi connectivity index (χ0v) is 17.1. The van der Waals surface area contributed by atoms with E-state index in [1.54, 1.807) is 12.0 Å². The first kappa shape index (κ1) is 20.4. The molecular weight excluding hydrogens is 370 g/mol. The van der Waals surface area contributed by atoms with Crippen LogP contribution in [0.2, 0.25) is 0 Å². The summed E-state index contributed by atoms with van der Waals surface area (Å²) in [5.41, 5.74) is 1.79. The molecule has 7 nitrogen and oxygen atoms in total. The lowest BCUT2D eigenvalue weighted by Crippen LogP contribution is -2.39. The van der Waals surface area contributed by atoms with Crippen molar-refractivity contribution in [1.29, 1.82) is 0 Å². The topological polar surface area (TPSA) is 77.7 Å². The highest BCUT2D eigenvalue weighted by Gasteiger charge is 2.21. The smallest absolute Gasteiger partial charge is 0.261 e. The lowest BCUT2D eigenvalue weighted by atomic mass is 10.2. The van der Waals surface area contributed by atoms with E-state index in [0.29, 0.717) is 17.5 Å². The number of ether oxygens (including phenoxy) is 2. The van der Waals surface area contributed by atoms with Crippen LogP contribution in [-0.4, -0.2) is 40.7 Å². The van der Waals surface area contributed by atoms with Crippen LogP contribution < -0.4 is 9.47 Å². The number of methoxy groups -OCH3 is 1. The van der Waals surface area contributed by atoms with Crippen molar-refractivity contribution in [1.82, 2.24) is 15.0 Å². The van der Waals surface area contributed by atoms with Gasteiger partial charge in [0.15, 0.2) is 6.61 Å². The molecular formula is C22H25N3O4. The molecule has 0 aliphatic heterocycles. The molecule has 0 saturated heterocycles. The van der Waals surface area contributed by atoms with Crippen LogP contribution in [0.25, 0.3) is 11.4 Å². The van der Waals surface area contributed by atoms with Gasteiger partial charge in [0.2, 0.25) is 11.7 Å². The van der Waals surface area contributed by atoms with E-state index in [2.05, 4.69) is 10.1 Å². The van der Waals surface area contributed by atoms with Crippen molar-refractivity contribution in [2.24, 2.45) is 0 Å². The fraction of sp³-hybridized carbons (Fsp3) is 0.318. The summed E-state index contributed by atoms with van der Waals surface area (Å²) in [5.74, 6) is 2.14. The summed E-state index contributed by atoms with van der Waals surface area (Å²) in [6, 6.07) is 14.9. The first-order chi connectivity index (χ1) is 14.0. The molecule has 3 rings (SSSR count). The second kappa shape index (κ2) is 9.23. The monoisotopic (exact) mass is 395 g/mol. The van der Waals surface area contributed by atoms with Crippen LogP contribution in [0.5, 0.6) is 11.5 Å². The molecule has 0 aliphatic carbocycles. The summed E-state index contributed by atoms with van der Waals surface area (Å²) in [4.78, 5) is 18.8. The normalized spacial score (nSPS) is 10.8. The second-order valence-electron chi connectivity index (χ2n) is 6.91. The van der Waals surface area contributed by atoms with Crippen LogP contribution in [-0.2, 0) is 11.3 Å². The third kappa shape index (κ3) is 5.13. The van der Waals surface area contributed by atoms with E-state index in [4.69, 9.17) is 14.0 Å². The van der Waals surface area contributed by atoms with E-state index in [-0.39, 0.29) is 25.1 Å². The van der Waals surface area contributed by atoms with Crippen molar-refractivity contribution in [3.8, 4) is 22.9 Å². The lowest BCUT2D eigenvalue weighted by molar-refractivity contribution is -0.136. The quantitative estimate of drug-likeness (QED) is 0.576. The van der Waals surface area contributed by atoms with Gasteiger partial charge in [-0.25, -0.2) is 0 Å². The summed E-state index contributed by atoms with van der Waals surface area (Å²) >= 11 is 0. The van der Waals surface area contributed by atoms with Gasteiger partial charge >= 0.3 is 0 Å². The molecule has 0 unspecified atom stereocenters. The van der Waals surface area contributed by atoms with Crippen LogP contribution in [0.4, 0.5) is 0 Å². The molecule has 1 heterocycles. The number of aromatic nitrogens is 2. The SMILES string of the molecule is COc1ccc(-c2noc(CN(C(=O)COc3ccccc3C)C(C)C)n2)cc1. The number of carbonyl (C=O) groups is 1. The van der Waals surface area contributed by atoms with Gasteiger partial charge in [-0.05, 0) is 56.7 Å². The van der Waals surface area contributed by atoms with Gasteiger partial charge in [-0.1, -0.05) is 23.4 Å². The summed E-state index contributed by atoms with van der Waals surface area (Å²) in [6.07, 6.45) is 0. The highest BCUT2D eigenvalue weighted by atomic mass is 16.5. The zero-order chi connectivity index (χ0) is 20.8. The Balaban J connectivity index is 1.66. The van der Waals surface area contributed by atoms with Gasteiger partial charge in [0, 0.05) is 11.6 Å². The van der Waals surface area contributed by atoms with Crippen LogP contribution in [0.3, 0.4) is 0 Å². The van der Waals surface area contributed by atoms with Gasteiger partial charge in [0.05, 0.1) is 7.11 Å². The van der Waals surface area contributed by atoms with Crippen molar-refractivity contribution in [3.63, 3.8) is 0 Å². The molecule has 7 heteroatoms. The van der Waals surface area contributed by atoms with Gasteiger partial charge < -0.3 is 18.9 Å². The molecule has 0 N–H and O–H groups in total. The van der Waals surface area contributed by atoms with Crippen LogP contribution in [0.1, 0.15) is 25.3 Å². The lowest BCUT2D eigenvalue weighted by Gasteiger charge is -2.25. The molecule has 0 fully saturated rings. The van der Waals surface area contributed by atoms with Gasteiger partial charge in [-0.15, -0.1) is 0 Å². The van der Waals surface area contributed by atoms with Crippen molar-refractivity contribution in [2.45, 2.75) is 33.4 Å². The highest BCUT2D eigenvalue weighted by molar-refractivity contribution is 5.78. The molecule has 2 aromatic carbocycles. The number of aryl methyl sites for hydroxylation is 1. The van der Waals surface area contributed by atoms with E-state index in [0.717, 1.165) is 16.9 Å². The molecule has 0 bridgehead atoms. The van der Waals surface area contributed by atoms with E-state index in [9.17, 15) is 4.79 Å². The largest absolute Gasteiger partial charge is 0.497 e. The summed E-state index contributed by atoms with van der Waals surface area (Å²) in [6.45, 7) is 5.98. The minimum absolute atomic E-state index is 0.0423. The second-order valence-corrected chi connectivity index (χ2v) is 6.91. The van der Waals surface area contributed by atoms with Gasteiger partial charge in [-0.2, -0.15) is 4.98 Å². The van der Waals surface area contributed by atoms with Crippen molar-refractivity contribution >= 4 is 5.91 Å². The molecule has 0 spiro atoms. The highest BCUT2D eigenvalue weighted by Crippen LogP contribution is 2.21. The molecule has 1 aromatic heterocycles. The van der Waals surface area contributed by atoms with Gasteiger partial charge in [0.1, 0.15) is 18.0 Å². The van der Waals surface area contributed by atoms with E-state index in [1.807, 2.05) is 69.3 Å². The Bertz CT molecular complexity index is 951. The zero-order valence-electron chi connectivity index (χ0n) is 17.1. The van der Waals surface area contributed by atoms with Crippen molar-refractivity contribution in [3.05, 3.63) is 60.0 Å². The Hall–Kier alpha value is -3.35. The fourth-order valence-electron chi connectivity index (χ4n) is 2.82. The summed E-state index contributed by atoms with van der Waals surface area (Å²) < 4.78 is 16.2. The van der Waals surface area contributed by atoms with Crippen LogP contribution >= 0.6 is 0 Å². The predicted octanol–water partition coefficient (Wildman–Crippen LogP) is 3.87. The minimum Gasteiger partial charge on any atom is -0.497 e. The number of rotatable bonds is 8. The number of para-hydroxylation sites is 1. The Kier molecular flexibility index (Phi) is 6.49. The van der Waals surface area contributed by atoms with Crippen molar-refractivity contribution < 1.29 is 18.8 Å². The van der Waals surface area contributed by atoms with E-state index >= 15 is 0 Å². The maximum atomic E-state index is 12.7. The fourth-order valence-corrected chi connectivity index (χ4v) is 2.82. The van der Waals surface area contributed by atoms with Crippen LogP contribution in [0.15, 0.2) is 53.1 Å². The number of amides is 1. The number of nitrogens with zero attached hydrogens (tertiary/aromatic N) is 3. The molecule has 3 aromatic rings. The first-order valence-corrected chi connectivity index (χ1v) is 9.43. The molecule has 0 aliphatic rings. The van der Waals surface area contributed by atoms with Gasteiger partial charge in [0.25, 0.3) is 5.91 Å². The Labute approximate surface area is 170 Å². The van der Waals surface area contributed by atoms with Crippen molar-refractivity contribution in [2.75, 3.05) is 13.7 Å². The molecule has 29 heavy (non-hydrogen) atoms. The molecule has 0 atom stereocenters. The maximum absolute atomic E-state index is 12.7. The molecule has 152 valence electrons. The number of carbonyl (C=O) groups excluding carboxylic acids is 1. The molecule has 1 amide bonds. The average Bonchev–Trinajstić information content (AvgIpc) is 3.20. The summed E-state index contributed by atoms with van der Waals surface area (Å²) in [7, 11) is 1.61. The predicted molar refractivity (Wildman–Crippen MR) is 109 cm³/mol. The Morgan fingerprint density at radius 1 is 1.14 bits per heavy atom. The average molecular weight is 395 g/mol. The minimum atomic E-state index is -0.146. The number of hydrogen-bond donors (Lipinski definition) is 0. The molecule has 0 radical (unpaired) electrons. The standard InChI is InChI=1S/C22H25N3O4/c1-15(2)25(21(26)14-28-19-8-6-5-7-16(19)3)13-20-23-22(24-29-20)17-9-11-18(27-4)12-10-17/h5-12,15H,13-14H2,1-4H3. The number of hydrogen-bond acceptors (Lipinski definition) is 6. The number of benzene rings is 2. The summed E-state index contributed by atoms with van der Waals surface area (Å²) in [5, 5.41) is 4.02. The Morgan fingerprint density at radius 2 is 1.86 bits per heavy atom. The third-order valence-corrected chi connectivity index (χ3v) is 4.51. The third-order valence-electron chi connectivity index (χ3n) is 4.51. The Morgan fingerprint density at radius 3 is 2.52 bits per heavy atom.